The number of rotatable bonds is 4. The van der Waals surface area contributed by atoms with Gasteiger partial charge in [0.05, 0.1) is 18.7 Å². The maximum atomic E-state index is 14.2. The van der Waals surface area contributed by atoms with Gasteiger partial charge in [-0.3, -0.25) is 5.10 Å². The van der Waals surface area contributed by atoms with E-state index in [4.69, 9.17) is 27.9 Å². The van der Waals surface area contributed by atoms with Crippen LogP contribution in [0.15, 0.2) is 18.3 Å². The van der Waals surface area contributed by atoms with E-state index in [2.05, 4.69) is 25.5 Å². The Bertz CT molecular complexity index is 839. The van der Waals surface area contributed by atoms with Crippen LogP contribution in [0, 0.1) is 5.82 Å². The largest absolute Gasteiger partial charge is 0.494 e. The lowest BCUT2D eigenvalue weighted by Gasteiger charge is -2.11. The standard InChI is InChI=1S/C13H10Cl2FN5O/c1-22-9-3-2-8(14)6(10(9)16)4-17-11-7-5-18-21-12(7)20-13(15)19-11/h2-3,5H,4H2,1H3,(H2,17,18,19,20,21). The maximum absolute atomic E-state index is 14.2. The minimum atomic E-state index is -0.522. The molecule has 114 valence electrons. The number of aromatic amines is 1. The molecule has 1 aromatic carbocycles. The number of nitrogens with zero attached hydrogens (tertiary/aromatic N) is 3. The fourth-order valence-electron chi connectivity index (χ4n) is 2.01. The molecule has 6 nitrogen and oxygen atoms in total. The molecule has 3 rings (SSSR count). The van der Waals surface area contributed by atoms with E-state index >= 15 is 0 Å². The van der Waals surface area contributed by atoms with Gasteiger partial charge >= 0.3 is 0 Å². The highest BCUT2D eigenvalue weighted by Crippen LogP contribution is 2.28. The number of hydrogen-bond acceptors (Lipinski definition) is 5. The Hall–Kier alpha value is -2.12. The van der Waals surface area contributed by atoms with Crippen molar-refractivity contribution < 1.29 is 9.13 Å². The minimum Gasteiger partial charge on any atom is -0.494 e. The summed E-state index contributed by atoms with van der Waals surface area (Å²) in [6, 6.07) is 3.04. The number of ether oxygens (including phenoxy) is 1. The average molecular weight is 342 g/mol. The molecule has 0 spiro atoms. The lowest BCUT2D eigenvalue weighted by atomic mass is 10.2. The Morgan fingerprint density at radius 1 is 1.32 bits per heavy atom. The van der Waals surface area contributed by atoms with E-state index in [0.29, 0.717) is 16.9 Å². The van der Waals surface area contributed by atoms with Gasteiger partial charge in [0.25, 0.3) is 0 Å². The summed E-state index contributed by atoms with van der Waals surface area (Å²) in [4.78, 5) is 8.07. The highest BCUT2D eigenvalue weighted by atomic mass is 35.5. The molecule has 3 aromatic rings. The van der Waals surface area contributed by atoms with Crippen molar-refractivity contribution in [3.8, 4) is 5.75 Å². The summed E-state index contributed by atoms with van der Waals surface area (Å²) in [5.74, 6) is 0.0310. The molecular weight excluding hydrogens is 332 g/mol. The van der Waals surface area contributed by atoms with Crippen molar-refractivity contribution in [2.24, 2.45) is 0 Å². The summed E-state index contributed by atoms with van der Waals surface area (Å²) in [6.45, 7) is 0.107. The first-order valence-electron chi connectivity index (χ1n) is 6.21. The predicted molar refractivity (Wildman–Crippen MR) is 82.0 cm³/mol. The summed E-state index contributed by atoms with van der Waals surface area (Å²) in [6.07, 6.45) is 1.55. The number of methoxy groups -OCH3 is 1. The molecule has 0 saturated heterocycles. The zero-order valence-corrected chi connectivity index (χ0v) is 12.8. The average Bonchev–Trinajstić information content (AvgIpc) is 2.95. The van der Waals surface area contributed by atoms with Crippen molar-refractivity contribution in [2.75, 3.05) is 12.4 Å². The van der Waals surface area contributed by atoms with Gasteiger partial charge in [0.15, 0.2) is 17.2 Å². The smallest absolute Gasteiger partial charge is 0.226 e. The van der Waals surface area contributed by atoms with Gasteiger partial charge in [-0.1, -0.05) is 11.6 Å². The fourth-order valence-corrected chi connectivity index (χ4v) is 2.39. The number of hydrogen-bond donors (Lipinski definition) is 2. The molecule has 0 radical (unpaired) electrons. The van der Waals surface area contributed by atoms with E-state index in [0.717, 1.165) is 0 Å². The van der Waals surface area contributed by atoms with Crippen molar-refractivity contribution in [2.45, 2.75) is 6.54 Å². The quantitative estimate of drug-likeness (QED) is 0.711. The molecule has 0 saturated carbocycles. The molecule has 0 atom stereocenters. The second kappa shape index (κ2) is 5.94. The Labute approximate surface area is 134 Å². The Balaban J connectivity index is 1.93. The van der Waals surface area contributed by atoms with Crippen LogP contribution in [0.3, 0.4) is 0 Å². The molecule has 2 aromatic heterocycles. The number of H-pyrrole nitrogens is 1. The molecule has 22 heavy (non-hydrogen) atoms. The first-order chi connectivity index (χ1) is 10.6. The van der Waals surface area contributed by atoms with Gasteiger partial charge in [-0.25, -0.2) is 4.39 Å². The third-order valence-electron chi connectivity index (χ3n) is 3.09. The molecule has 0 aliphatic carbocycles. The highest BCUT2D eigenvalue weighted by Gasteiger charge is 2.14. The van der Waals surface area contributed by atoms with Crippen LogP contribution in [0.4, 0.5) is 10.2 Å². The summed E-state index contributed by atoms with van der Waals surface area (Å²) in [7, 11) is 1.39. The van der Waals surface area contributed by atoms with Crippen LogP contribution in [-0.4, -0.2) is 27.3 Å². The van der Waals surface area contributed by atoms with Crippen LogP contribution >= 0.6 is 23.2 Å². The van der Waals surface area contributed by atoms with Crippen molar-refractivity contribution in [3.63, 3.8) is 0 Å². The van der Waals surface area contributed by atoms with Gasteiger partial charge in [0, 0.05) is 17.1 Å². The molecule has 0 amide bonds. The number of anilines is 1. The van der Waals surface area contributed by atoms with Crippen LogP contribution in [-0.2, 0) is 6.54 Å². The number of benzene rings is 1. The molecule has 0 fully saturated rings. The molecule has 0 aliphatic heterocycles. The molecule has 0 aliphatic rings. The zero-order valence-electron chi connectivity index (χ0n) is 11.3. The molecule has 2 N–H and O–H groups in total. The maximum Gasteiger partial charge on any atom is 0.226 e. The number of fused-ring (bicyclic) bond motifs is 1. The van der Waals surface area contributed by atoms with E-state index < -0.39 is 5.82 Å². The summed E-state index contributed by atoms with van der Waals surface area (Å²) < 4.78 is 19.2. The van der Waals surface area contributed by atoms with E-state index in [1.165, 1.54) is 13.2 Å². The van der Waals surface area contributed by atoms with Gasteiger partial charge in [-0.2, -0.15) is 15.1 Å². The Morgan fingerprint density at radius 3 is 2.91 bits per heavy atom. The van der Waals surface area contributed by atoms with Crippen LogP contribution in [0.1, 0.15) is 5.56 Å². The molecule has 9 heteroatoms. The van der Waals surface area contributed by atoms with Gasteiger partial charge in [-0.15, -0.1) is 0 Å². The number of nitrogens with one attached hydrogen (secondary N) is 2. The molecule has 0 bridgehead atoms. The predicted octanol–water partition coefficient (Wildman–Crippen LogP) is 3.42. The van der Waals surface area contributed by atoms with Crippen molar-refractivity contribution in [1.82, 2.24) is 20.2 Å². The normalized spacial score (nSPS) is 10.9. The summed E-state index contributed by atoms with van der Waals surface area (Å²) >= 11 is 11.9. The van der Waals surface area contributed by atoms with E-state index in [1.54, 1.807) is 12.3 Å². The Morgan fingerprint density at radius 2 is 2.14 bits per heavy atom. The fraction of sp³-hybridized carbons (Fsp3) is 0.154. The van der Waals surface area contributed by atoms with E-state index in [9.17, 15) is 4.39 Å². The molecular formula is C13H10Cl2FN5O. The van der Waals surface area contributed by atoms with Gasteiger partial charge in [-0.05, 0) is 23.7 Å². The van der Waals surface area contributed by atoms with Gasteiger partial charge in [0.2, 0.25) is 5.28 Å². The van der Waals surface area contributed by atoms with Crippen molar-refractivity contribution in [1.29, 1.82) is 0 Å². The lowest BCUT2D eigenvalue weighted by Crippen LogP contribution is -2.06. The summed E-state index contributed by atoms with van der Waals surface area (Å²) in [5.41, 5.74) is 0.757. The zero-order chi connectivity index (χ0) is 15.7. The molecule has 2 heterocycles. The lowest BCUT2D eigenvalue weighted by molar-refractivity contribution is 0.384. The summed E-state index contributed by atoms with van der Waals surface area (Å²) in [5, 5.41) is 10.5. The third-order valence-corrected chi connectivity index (χ3v) is 3.61. The minimum absolute atomic E-state index is 0.0523. The Kier molecular flexibility index (Phi) is 4.00. The topological polar surface area (TPSA) is 75.7 Å². The van der Waals surface area contributed by atoms with Crippen molar-refractivity contribution >= 4 is 40.1 Å². The first kappa shape index (κ1) is 14.8. The highest BCUT2D eigenvalue weighted by molar-refractivity contribution is 6.31. The second-order valence-electron chi connectivity index (χ2n) is 4.37. The number of aromatic nitrogens is 4. The van der Waals surface area contributed by atoms with Gasteiger partial charge < -0.3 is 10.1 Å². The van der Waals surface area contributed by atoms with Crippen LogP contribution in [0.2, 0.25) is 10.3 Å². The molecule has 0 unspecified atom stereocenters. The van der Waals surface area contributed by atoms with Gasteiger partial charge in [0.1, 0.15) is 5.82 Å². The van der Waals surface area contributed by atoms with Crippen LogP contribution < -0.4 is 10.1 Å². The monoisotopic (exact) mass is 341 g/mol. The second-order valence-corrected chi connectivity index (χ2v) is 5.11. The third kappa shape index (κ3) is 2.65. The van der Waals surface area contributed by atoms with Crippen LogP contribution in [0.5, 0.6) is 5.75 Å². The van der Waals surface area contributed by atoms with E-state index in [-0.39, 0.29) is 28.2 Å². The van der Waals surface area contributed by atoms with E-state index in [1.807, 2.05) is 0 Å². The SMILES string of the molecule is COc1ccc(Cl)c(CNc2nc(Cl)nc3[nH]ncc23)c1F. The van der Waals surface area contributed by atoms with Crippen LogP contribution in [0.25, 0.3) is 11.0 Å². The van der Waals surface area contributed by atoms with Crippen molar-refractivity contribution in [3.05, 3.63) is 40.0 Å². The number of halogens is 3. The first-order valence-corrected chi connectivity index (χ1v) is 6.97.